The first kappa shape index (κ1) is 20.8. The lowest BCUT2D eigenvalue weighted by atomic mass is 9.93. The topological polar surface area (TPSA) is 91.0 Å². The van der Waals surface area contributed by atoms with Crippen LogP contribution < -0.4 is 20.4 Å². The first-order valence-corrected chi connectivity index (χ1v) is 9.44. The van der Waals surface area contributed by atoms with E-state index in [1.54, 1.807) is 17.0 Å². The van der Waals surface area contributed by atoms with Crippen LogP contribution in [0.5, 0.6) is 0 Å². The van der Waals surface area contributed by atoms with Gasteiger partial charge in [0, 0.05) is 32.9 Å². The molecular weight excluding hydrogens is 386 g/mol. The van der Waals surface area contributed by atoms with Crippen LogP contribution in [0.4, 0.5) is 25.0 Å². The number of rotatable bonds is 7. The Hall–Kier alpha value is -2.91. The summed E-state index contributed by atoms with van der Waals surface area (Å²) in [7, 11) is 0. The summed E-state index contributed by atoms with van der Waals surface area (Å²) < 4.78 is 34.5. The molecule has 0 saturated carbocycles. The van der Waals surface area contributed by atoms with E-state index in [1.165, 1.54) is 17.9 Å². The van der Waals surface area contributed by atoms with Gasteiger partial charge in [0.25, 0.3) is 0 Å². The molecule has 0 radical (unpaired) electrons. The Morgan fingerprint density at radius 2 is 2.10 bits per heavy atom. The summed E-state index contributed by atoms with van der Waals surface area (Å²) in [5.74, 6) is -0.742. The molecule has 1 aromatic rings. The number of ether oxygens (including phenoxy) is 1. The summed E-state index contributed by atoms with van der Waals surface area (Å²) in [5, 5.41) is 4.95. The Labute approximate surface area is 167 Å². The van der Waals surface area contributed by atoms with Gasteiger partial charge in [-0.3, -0.25) is 14.5 Å². The van der Waals surface area contributed by atoms with E-state index in [0.717, 1.165) is 0 Å². The zero-order chi connectivity index (χ0) is 21.0. The third-order valence-corrected chi connectivity index (χ3v) is 5.20. The molecule has 0 aromatic heterocycles. The minimum absolute atomic E-state index is 0.0531. The van der Waals surface area contributed by atoms with E-state index in [4.69, 9.17) is 4.74 Å². The van der Waals surface area contributed by atoms with Gasteiger partial charge in [-0.05, 0) is 18.2 Å². The number of hydrogen-bond donors (Lipinski definition) is 2. The average Bonchev–Trinajstić information content (AvgIpc) is 3.06. The fraction of sp³-hybridized carbons (Fsp3) is 0.526. The number of nitrogens with one attached hydrogen (secondary N) is 2. The number of benzene rings is 1. The lowest BCUT2D eigenvalue weighted by Crippen LogP contribution is -2.47. The summed E-state index contributed by atoms with van der Waals surface area (Å²) in [6.45, 7) is 2.35. The number of alkyl halides is 1. The molecule has 10 heteroatoms. The number of piperidine rings is 1. The molecular formula is C19H24F2N4O4. The van der Waals surface area contributed by atoms with Gasteiger partial charge in [0.05, 0.1) is 31.0 Å². The van der Waals surface area contributed by atoms with E-state index >= 15 is 0 Å². The Morgan fingerprint density at radius 1 is 1.38 bits per heavy atom. The lowest BCUT2D eigenvalue weighted by molar-refractivity contribution is -0.119. The van der Waals surface area contributed by atoms with E-state index in [2.05, 4.69) is 10.6 Å². The van der Waals surface area contributed by atoms with Crippen molar-refractivity contribution in [2.24, 2.45) is 0 Å². The van der Waals surface area contributed by atoms with Gasteiger partial charge < -0.3 is 20.3 Å². The zero-order valence-electron chi connectivity index (χ0n) is 16.1. The van der Waals surface area contributed by atoms with Crippen molar-refractivity contribution in [1.82, 2.24) is 10.6 Å². The minimum Gasteiger partial charge on any atom is -0.442 e. The Kier molecular flexibility index (Phi) is 6.19. The Balaban J connectivity index is 1.63. The van der Waals surface area contributed by atoms with Gasteiger partial charge in [-0.1, -0.05) is 0 Å². The van der Waals surface area contributed by atoms with E-state index in [-0.39, 0.29) is 38.4 Å². The van der Waals surface area contributed by atoms with Gasteiger partial charge in [0.15, 0.2) is 0 Å². The molecule has 2 aliphatic rings. The average molecular weight is 410 g/mol. The number of carbonyl (C=O) groups excluding carboxylic acids is 3. The van der Waals surface area contributed by atoms with Crippen LogP contribution in [-0.4, -0.2) is 62.9 Å². The van der Waals surface area contributed by atoms with Crippen LogP contribution in [0, 0.1) is 5.82 Å². The first-order valence-electron chi connectivity index (χ1n) is 9.44. The molecule has 2 heterocycles. The maximum absolute atomic E-state index is 14.7. The maximum Gasteiger partial charge on any atom is 0.414 e. The van der Waals surface area contributed by atoms with Gasteiger partial charge in [-0.2, -0.15) is 0 Å². The van der Waals surface area contributed by atoms with Crippen molar-refractivity contribution in [3.05, 3.63) is 24.0 Å². The highest BCUT2D eigenvalue weighted by molar-refractivity contribution is 5.90. The third-order valence-electron chi connectivity index (χ3n) is 5.20. The smallest absolute Gasteiger partial charge is 0.414 e. The summed E-state index contributed by atoms with van der Waals surface area (Å²) >= 11 is 0. The van der Waals surface area contributed by atoms with Crippen molar-refractivity contribution < 1.29 is 27.9 Å². The standard InChI is InChI=1S/C19H24F2N4O4/c1-13(27)23-9-15-10-25(18(28)29-15)14-2-3-17(16(20)8-14)24-6-4-19(21,5-7-24)11-22-12-26/h2-3,8,12,15H,4-7,9-11H2,1H3,(H,22,26)(H,23,27)/t15-/m0/s1. The van der Waals surface area contributed by atoms with Gasteiger partial charge in [-0.25, -0.2) is 13.6 Å². The summed E-state index contributed by atoms with van der Waals surface area (Å²) in [5.41, 5.74) is -0.800. The van der Waals surface area contributed by atoms with Crippen LogP contribution in [-0.2, 0) is 14.3 Å². The Bertz CT molecular complexity index is 783. The highest BCUT2D eigenvalue weighted by Crippen LogP contribution is 2.32. The molecule has 0 unspecified atom stereocenters. The molecule has 1 aromatic carbocycles. The zero-order valence-corrected chi connectivity index (χ0v) is 16.1. The molecule has 1 atom stereocenters. The normalized spacial score (nSPS) is 20.9. The van der Waals surface area contributed by atoms with Crippen LogP contribution >= 0.6 is 0 Å². The SMILES string of the molecule is CC(=O)NC[C@H]1CN(c2ccc(N3CCC(F)(CNC=O)CC3)c(F)c2)C(=O)O1. The molecule has 8 nitrogen and oxygen atoms in total. The maximum atomic E-state index is 14.7. The second kappa shape index (κ2) is 8.62. The molecule has 0 aliphatic carbocycles. The van der Waals surface area contributed by atoms with E-state index in [0.29, 0.717) is 30.9 Å². The van der Waals surface area contributed by atoms with Crippen molar-refractivity contribution in [2.75, 3.05) is 42.5 Å². The fourth-order valence-corrected chi connectivity index (χ4v) is 3.57. The Morgan fingerprint density at radius 3 is 2.72 bits per heavy atom. The molecule has 2 fully saturated rings. The highest BCUT2D eigenvalue weighted by Gasteiger charge is 2.36. The number of nitrogens with zero attached hydrogens (tertiary/aromatic N) is 2. The molecule has 158 valence electrons. The number of hydrogen-bond acceptors (Lipinski definition) is 5. The van der Waals surface area contributed by atoms with Crippen LogP contribution in [0.3, 0.4) is 0 Å². The second-order valence-corrected chi connectivity index (χ2v) is 7.33. The monoisotopic (exact) mass is 410 g/mol. The van der Waals surface area contributed by atoms with Crippen LogP contribution in [0.2, 0.25) is 0 Å². The molecule has 0 spiro atoms. The van der Waals surface area contributed by atoms with Crippen molar-refractivity contribution in [3.8, 4) is 0 Å². The van der Waals surface area contributed by atoms with Crippen molar-refractivity contribution in [1.29, 1.82) is 0 Å². The molecule has 0 bridgehead atoms. The van der Waals surface area contributed by atoms with Crippen LogP contribution in [0.15, 0.2) is 18.2 Å². The summed E-state index contributed by atoms with van der Waals surface area (Å²) in [6.07, 6.45) is -0.281. The number of cyclic esters (lactones) is 1. The van der Waals surface area contributed by atoms with Gasteiger partial charge in [0.2, 0.25) is 12.3 Å². The predicted octanol–water partition coefficient (Wildman–Crippen LogP) is 1.34. The first-order chi connectivity index (χ1) is 13.8. The van der Waals surface area contributed by atoms with Gasteiger partial charge in [-0.15, -0.1) is 0 Å². The molecule has 2 N–H and O–H groups in total. The molecule has 2 aliphatic heterocycles. The number of anilines is 2. The molecule has 3 amide bonds. The fourth-order valence-electron chi connectivity index (χ4n) is 3.57. The van der Waals surface area contributed by atoms with Crippen molar-refractivity contribution in [2.45, 2.75) is 31.5 Å². The summed E-state index contributed by atoms with van der Waals surface area (Å²) in [4.78, 5) is 36.5. The second-order valence-electron chi connectivity index (χ2n) is 7.33. The number of carbonyl (C=O) groups is 3. The van der Waals surface area contributed by atoms with Crippen LogP contribution in [0.25, 0.3) is 0 Å². The van der Waals surface area contributed by atoms with Crippen molar-refractivity contribution in [3.63, 3.8) is 0 Å². The van der Waals surface area contributed by atoms with Crippen molar-refractivity contribution >= 4 is 29.8 Å². The quantitative estimate of drug-likeness (QED) is 0.662. The minimum atomic E-state index is -1.49. The van der Waals surface area contributed by atoms with Gasteiger partial charge >= 0.3 is 6.09 Å². The predicted molar refractivity (Wildman–Crippen MR) is 102 cm³/mol. The number of halogens is 2. The van der Waals surface area contributed by atoms with Crippen LogP contribution in [0.1, 0.15) is 19.8 Å². The molecule has 2 saturated heterocycles. The van der Waals surface area contributed by atoms with E-state index in [9.17, 15) is 23.2 Å². The lowest BCUT2D eigenvalue weighted by Gasteiger charge is -2.37. The van der Waals surface area contributed by atoms with Gasteiger partial charge in [0.1, 0.15) is 17.6 Å². The summed E-state index contributed by atoms with van der Waals surface area (Å²) in [6, 6.07) is 4.43. The molecule has 29 heavy (non-hydrogen) atoms. The van der Waals surface area contributed by atoms with E-state index in [1.807, 2.05) is 0 Å². The third kappa shape index (κ3) is 4.93. The molecule has 3 rings (SSSR count). The highest BCUT2D eigenvalue weighted by atomic mass is 19.1. The number of amides is 3. The van der Waals surface area contributed by atoms with E-state index < -0.39 is 23.7 Å². The largest absolute Gasteiger partial charge is 0.442 e.